The number of carbonyl (C=O) groups excluding carboxylic acids is 1. The molecule has 3 aliphatic rings. The number of aryl methyl sites for hydroxylation is 1. The minimum Gasteiger partial charge on any atom is -0.368 e. The number of aromatic nitrogens is 3. The summed E-state index contributed by atoms with van der Waals surface area (Å²) in [7, 11) is 0. The van der Waals surface area contributed by atoms with Gasteiger partial charge in [0.05, 0.1) is 35.0 Å². The molecule has 7 heteroatoms. The molecule has 2 aromatic rings. The van der Waals surface area contributed by atoms with E-state index in [1.807, 2.05) is 49.7 Å². The molecule has 0 aliphatic carbocycles. The van der Waals surface area contributed by atoms with Gasteiger partial charge in [-0.2, -0.15) is 5.10 Å². The highest BCUT2D eigenvalue weighted by Gasteiger charge is 2.23. The lowest BCUT2D eigenvalue weighted by molar-refractivity contribution is -0.122. The number of amides is 1. The summed E-state index contributed by atoms with van der Waals surface area (Å²) < 4.78 is 1.80. The van der Waals surface area contributed by atoms with Gasteiger partial charge in [0, 0.05) is 49.7 Å². The van der Waals surface area contributed by atoms with Crippen molar-refractivity contribution in [2.24, 2.45) is 0 Å². The summed E-state index contributed by atoms with van der Waals surface area (Å²) in [5.41, 5.74) is 5.27. The molecule has 158 valence electrons. The van der Waals surface area contributed by atoms with Gasteiger partial charge in [0.2, 0.25) is 0 Å². The Morgan fingerprint density at radius 2 is 1.87 bits per heavy atom. The van der Waals surface area contributed by atoms with Crippen molar-refractivity contribution >= 4 is 17.0 Å². The van der Waals surface area contributed by atoms with Crippen molar-refractivity contribution < 1.29 is 4.79 Å². The molecule has 1 fully saturated rings. The highest BCUT2D eigenvalue weighted by molar-refractivity contribution is 5.99. The summed E-state index contributed by atoms with van der Waals surface area (Å²) in [6, 6.07) is 1.95. The van der Waals surface area contributed by atoms with E-state index in [0.717, 1.165) is 66.6 Å². The normalized spacial score (nSPS) is 24.1. The molecule has 0 bridgehead atoms. The van der Waals surface area contributed by atoms with Crippen LogP contribution >= 0.6 is 0 Å². The molecule has 7 nitrogen and oxygen atoms in total. The van der Waals surface area contributed by atoms with E-state index >= 15 is 0 Å². The molecule has 0 saturated carbocycles. The van der Waals surface area contributed by atoms with Crippen LogP contribution < -0.4 is 0 Å². The van der Waals surface area contributed by atoms with Crippen LogP contribution in [-0.2, 0) is 4.79 Å². The molecule has 0 aromatic carbocycles. The minimum absolute atomic E-state index is 0.0778. The van der Waals surface area contributed by atoms with Crippen molar-refractivity contribution in [3.8, 4) is 0 Å². The first-order chi connectivity index (χ1) is 15.1. The largest absolute Gasteiger partial charge is 0.368 e. The monoisotopic (exact) mass is 414 g/mol. The highest BCUT2D eigenvalue weighted by atomic mass is 16.2. The van der Waals surface area contributed by atoms with Gasteiger partial charge >= 0.3 is 0 Å². The quantitative estimate of drug-likeness (QED) is 0.773. The smallest absolute Gasteiger partial charge is 0.255 e. The lowest BCUT2D eigenvalue weighted by atomic mass is 10.1. The third-order valence-electron chi connectivity index (χ3n) is 5.98. The molecule has 1 saturated heterocycles. The number of likely N-dealkylation sites (N-methyl/N-ethyl adjacent to an activating group) is 1. The van der Waals surface area contributed by atoms with Crippen molar-refractivity contribution in [3.63, 3.8) is 0 Å². The van der Waals surface area contributed by atoms with Gasteiger partial charge < -0.3 is 9.80 Å². The Balaban J connectivity index is 1.43. The lowest BCUT2D eigenvalue weighted by Crippen LogP contribution is -2.46. The molecule has 2 aromatic heterocycles. The van der Waals surface area contributed by atoms with E-state index in [0.29, 0.717) is 0 Å². The Morgan fingerprint density at radius 1 is 1.06 bits per heavy atom. The van der Waals surface area contributed by atoms with Gasteiger partial charge in [0.1, 0.15) is 0 Å². The zero-order valence-corrected chi connectivity index (χ0v) is 17.9. The second kappa shape index (κ2) is 8.00. The first kappa shape index (κ1) is 19.5. The van der Waals surface area contributed by atoms with Gasteiger partial charge in [0.25, 0.3) is 5.91 Å². The maximum absolute atomic E-state index is 13.2. The van der Waals surface area contributed by atoms with E-state index in [1.165, 1.54) is 0 Å². The molecule has 0 spiro atoms. The average Bonchev–Trinajstić information content (AvgIpc) is 3.20. The number of hydrogen-bond donors (Lipinski definition) is 0. The summed E-state index contributed by atoms with van der Waals surface area (Å²) in [4.78, 5) is 24.1. The molecule has 0 N–H and O–H groups in total. The van der Waals surface area contributed by atoms with Crippen LogP contribution in [0.4, 0.5) is 0 Å². The van der Waals surface area contributed by atoms with Crippen LogP contribution in [0.15, 0.2) is 72.5 Å². The fraction of sp³-hybridized carbons (Fsp3) is 0.292. The summed E-state index contributed by atoms with van der Waals surface area (Å²) in [6.45, 7) is 9.26. The van der Waals surface area contributed by atoms with Crippen molar-refractivity contribution in [2.75, 3.05) is 32.7 Å². The molecular formula is C24H26N6O. The molecule has 5 rings (SSSR count). The predicted molar refractivity (Wildman–Crippen MR) is 121 cm³/mol. The second-order valence-corrected chi connectivity index (χ2v) is 7.99. The van der Waals surface area contributed by atoms with Crippen molar-refractivity contribution in [3.05, 3.63) is 83.9 Å². The Labute approximate surface area is 182 Å². The van der Waals surface area contributed by atoms with Crippen LogP contribution in [-0.4, -0.2) is 67.9 Å². The van der Waals surface area contributed by atoms with Crippen LogP contribution in [0.2, 0.25) is 0 Å². The first-order valence-corrected chi connectivity index (χ1v) is 10.7. The maximum atomic E-state index is 13.2. The zero-order valence-electron chi connectivity index (χ0n) is 17.9. The SMILES string of the molecule is CCN1CCN(C2=CN3C(=O)\C=C(c4cc5cnc(C)cn5n4)/C=C/C=C/3C=C2)CC1. The van der Waals surface area contributed by atoms with E-state index in [1.54, 1.807) is 21.7 Å². The second-order valence-electron chi connectivity index (χ2n) is 7.99. The Hall–Kier alpha value is -3.45. The number of nitrogens with zero attached hydrogens (tertiary/aromatic N) is 6. The average molecular weight is 415 g/mol. The van der Waals surface area contributed by atoms with Crippen molar-refractivity contribution in [1.29, 1.82) is 0 Å². The minimum atomic E-state index is -0.0778. The fourth-order valence-corrected chi connectivity index (χ4v) is 4.13. The number of piperazine rings is 1. The van der Waals surface area contributed by atoms with Gasteiger partial charge in [-0.25, -0.2) is 4.52 Å². The van der Waals surface area contributed by atoms with E-state index in [2.05, 4.69) is 32.9 Å². The molecule has 5 heterocycles. The summed E-state index contributed by atoms with van der Waals surface area (Å²) in [5.74, 6) is -0.0778. The zero-order chi connectivity index (χ0) is 21.4. The highest BCUT2D eigenvalue weighted by Crippen LogP contribution is 2.25. The van der Waals surface area contributed by atoms with E-state index in [4.69, 9.17) is 0 Å². The number of carbonyl (C=O) groups is 1. The van der Waals surface area contributed by atoms with Gasteiger partial charge in [-0.15, -0.1) is 0 Å². The first-order valence-electron chi connectivity index (χ1n) is 10.7. The van der Waals surface area contributed by atoms with E-state index < -0.39 is 0 Å². The van der Waals surface area contributed by atoms with Crippen molar-refractivity contribution in [2.45, 2.75) is 13.8 Å². The number of fused-ring (bicyclic) bond motifs is 2. The van der Waals surface area contributed by atoms with E-state index in [9.17, 15) is 4.79 Å². The molecule has 3 aliphatic heterocycles. The third-order valence-corrected chi connectivity index (χ3v) is 5.98. The predicted octanol–water partition coefficient (Wildman–Crippen LogP) is 2.75. The molecule has 0 atom stereocenters. The Morgan fingerprint density at radius 3 is 2.68 bits per heavy atom. The van der Waals surface area contributed by atoms with Crippen LogP contribution in [0.1, 0.15) is 18.3 Å². The summed E-state index contributed by atoms with van der Waals surface area (Å²) in [5, 5.41) is 4.63. The number of allylic oxidation sites excluding steroid dienone is 6. The Bertz CT molecular complexity index is 1170. The van der Waals surface area contributed by atoms with Gasteiger partial charge in [0.15, 0.2) is 0 Å². The Kier molecular flexibility index (Phi) is 5.03. The standard InChI is InChI=1S/C24H26N6O/c1-3-27-9-11-28(12-10-27)21-8-7-20-6-4-5-19(13-24(31)29(20)17-21)23-14-22-15-25-18(2)16-30(22)26-23/h4-8,13-17H,3,9-12H2,1-2H3/b5-4+,19-13+,20-6+. The molecule has 0 radical (unpaired) electrons. The molecular weight excluding hydrogens is 388 g/mol. The van der Waals surface area contributed by atoms with E-state index in [-0.39, 0.29) is 5.91 Å². The topological polar surface area (TPSA) is 57.0 Å². The molecule has 1 amide bonds. The van der Waals surface area contributed by atoms with Crippen LogP contribution in [0, 0.1) is 6.92 Å². The summed E-state index contributed by atoms with van der Waals surface area (Å²) >= 11 is 0. The third kappa shape index (κ3) is 3.84. The molecule has 0 unspecified atom stereocenters. The summed E-state index contributed by atoms with van der Waals surface area (Å²) in [6.07, 6.45) is 17.3. The van der Waals surface area contributed by atoms with Gasteiger partial charge in [-0.05, 0) is 37.8 Å². The number of rotatable bonds is 3. The van der Waals surface area contributed by atoms with Gasteiger partial charge in [-0.1, -0.05) is 19.1 Å². The van der Waals surface area contributed by atoms with Gasteiger partial charge in [-0.3, -0.25) is 14.7 Å². The fourth-order valence-electron chi connectivity index (χ4n) is 4.13. The lowest BCUT2D eigenvalue weighted by Gasteiger charge is -2.37. The maximum Gasteiger partial charge on any atom is 0.255 e. The van der Waals surface area contributed by atoms with Crippen LogP contribution in [0.25, 0.3) is 11.1 Å². The molecule has 31 heavy (non-hydrogen) atoms. The van der Waals surface area contributed by atoms with Crippen LogP contribution in [0.5, 0.6) is 0 Å². The van der Waals surface area contributed by atoms with Crippen LogP contribution in [0.3, 0.4) is 0 Å². The number of hydrogen-bond acceptors (Lipinski definition) is 5. The van der Waals surface area contributed by atoms with Crippen molar-refractivity contribution in [1.82, 2.24) is 29.3 Å².